The van der Waals surface area contributed by atoms with E-state index in [0.717, 1.165) is 44.3 Å². The minimum absolute atomic E-state index is 0.232. The van der Waals surface area contributed by atoms with Gasteiger partial charge in [0, 0.05) is 56.6 Å². The summed E-state index contributed by atoms with van der Waals surface area (Å²) >= 11 is 12.3. The zero-order chi connectivity index (χ0) is 26.9. The van der Waals surface area contributed by atoms with E-state index in [-0.39, 0.29) is 27.6 Å². The van der Waals surface area contributed by atoms with Crippen molar-refractivity contribution in [3.05, 3.63) is 105 Å². The minimum atomic E-state index is -0.323. The maximum Gasteiger partial charge on any atom is 0.254 e. The zero-order valence-corrected chi connectivity index (χ0v) is 23.3. The summed E-state index contributed by atoms with van der Waals surface area (Å²) < 4.78 is 0. The average molecular weight is 551 g/mol. The summed E-state index contributed by atoms with van der Waals surface area (Å²) in [4.78, 5) is 28.5. The number of rotatable bonds is 8. The number of nitrogens with zero attached hydrogens (tertiary/aromatic N) is 4. The van der Waals surface area contributed by atoms with Crippen LogP contribution in [0.1, 0.15) is 71.9 Å². The standard InChI is InChI=1S/C28H27Cl2N5O.C2H6/c29-23-15-31-16-24(30)26(23)28(36)34-14-19-5-1-6-20(13-19)17-35(18-22-9-4-11-32-22)25-10-2-7-21-8-3-12-33-27(21)25;1-2/h1,3-6,8,11-13,15-16,25H,2,7,9-10,14,17-18H2,(H,34,36);1-2H3. The molecule has 1 atom stereocenters. The zero-order valence-electron chi connectivity index (χ0n) is 21.8. The Labute approximate surface area is 234 Å². The number of nitrogens with one attached hydrogen (secondary N) is 1. The quantitative estimate of drug-likeness (QED) is 0.329. The number of pyridine rings is 2. The predicted octanol–water partition coefficient (Wildman–Crippen LogP) is 6.98. The fraction of sp³-hybridized carbons (Fsp3) is 0.333. The molecule has 1 amide bonds. The first-order valence-corrected chi connectivity index (χ1v) is 13.9. The fourth-order valence-electron chi connectivity index (χ4n) is 4.93. The molecule has 3 aromatic rings. The summed E-state index contributed by atoms with van der Waals surface area (Å²) in [6, 6.07) is 12.8. The molecule has 5 rings (SSSR count). The van der Waals surface area contributed by atoms with E-state index in [0.29, 0.717) is 6.54 Å². The molecule has 6 nitrogen and oxygen atoms in total. The van der Waals surface area contributed by atoms with Gasteiger partial charge in [-0.25, -0.2) is 0 Å². The van der Waals surface area contributed by atoms with Crippen LogP contribution in [0.5, 0.6) is 0 Å². The predicted molar refractivity (Wildman–Crippen MR) is 155 cm³/mol. The minimum Gasteiger partial charge on any atom is -0.348 e. The molecule has 0 radical (unpaired) electrons. The van der Waals surface area contributed by atoms with E-state index in [2.05, 4.69) is 44.5 Å². The van der Waals surface area contributed by atoms with Gasteiger partial charge in [0.1, 0.15) is 0 Å². The van der Waals surface area contributed by atoms with Gasteiger partial charge in [0.25, 0.3) is 5.91 Å². The molecule has 0 fully saturated rings. The van der Waals surface area contributed by atoms with Crippen molar-refractivity contribution in [2.45, 2.75) is 58.7 Å². The molecule has 1 unspecified atom stereocenters. The van der Waals surface area contributed by atoms with Gasteiger partial charge >= 0.3 is 0 Å². The molecule has 2 aromatic heterocycles. The largest absolute Gasteiger partial charge is 0.348 e. The molecule has 8 heteroatoms. The van der Waals surface area contributed by atoms with Crippen molar-refractivity contribution in [3.8, 4) is 0 Å². The third-order valence-corrected chi connectivity index (χ3v) is 7.19. The Kier molecular flexibility index (Phi) is 10.0. The number of hydrogen-bond donors (Lipinski definition) is 1. The van der Waals surface area contributed by atoms with Gasteiger partial charge in [0.15, 0.2) is 0 Å². The number of benzene rings is 1. The van der Waals surface area contributed by atoms with E-state index in [1.165, 1.54) is 34.9 Å². The molecule has 2 aliphatic rings. The number of fused-ring (bicyclic) bond motifs is 1. The molecule has 3 heterocycles. The number of aromatic nitrogens is 2. The average Bonchev–Trinajstić information content (AvgIpc) is 3.46. The second-order valence-corrected chi connectivity index (χ2v) is 9.94. The van der Waals surface area contributed by atoms with Crippen LogP contribution in [0.2, 0.25) is 10.0 Å². The Balaban J connectivity index is 0.00000164. The van der Waals surface area contributed by atoms with Gasteiger partial charge in [-0.2, -0.15) is 0 Å². The number of aliphatic imine (C=N–C) groups is 1. The van der Waals surface area contributed by atoms with E-state index < -0.39 is 0 Å². The number of aryl methyl sites for hydroxylation is 1. The SMILES string of the molecule is CC.O=C(NCc1cccc(CN(CC2=NC=CC2)C2CCCc3cccnc32)c1)c1c(Cl)cncc1Cl. The van der Waals surface area contributed by atoms with Gasteiger partial charge in [-0.05, 0) is 42.0 Å². The van der Waals surface area contributed by atoms with Crippen molar-refractivity contribution in [2.24, 2.45) is 4.99 Å². The first-order chi connectivity index (χ1) is 18.6. The van der Waals surface area contributed by atoms with Gasteiger partial charge in [-0.1, -0.05) is 73.5 Å². The van der Waals surface area contributed by atoms with Crippen molar-refractivity contribution in [1.29, 1.82) is 0 Å². The maximum absolute atomic E-state index is 12.7. The Morgan fingerprint density at radius 3 is 2.63 bits per heavy atom. The highest BCUT2D eigenvalue weighted by molar-refractivity contribution is 6.39. The lowest BCUT2D eigenvalue weighted by atomic mass is 9.90. The molecular formula is C30H33Cl2N5O. The molecular weight excluding hydrogens is 517 g/mol. The summed E-state index contributed by atoms with van der Waals surface area (Å²) in [7, 11) is 0. The molecule has 0 saturated carbocycles. The van der Waals surface area contributed by atoms with Crippen LogP contribution in [0.3, 0.4) is 0 Å². The first-order valence-electron chi connectivity index (χ1n) is 13.1. The lowest BCUT2D eigenvalue weighted by Crippen LogP contribution is -2.35. The topological polar surface area (TPSA) is 70.5 Å². The third kappa shape index (κ3) is 6.87. The number of carbonyl (C=O) groups excluding carboxylic acids is 1. The summed E-state index contributed by atoms with van der Waals surface area (Å²) in [5.41, 5.74) is 6.12. The molecule has 1 N–H and O–H groups in total. The molecule has 0 saturated heterocycles. The van der Waals surface area contributed by atoms with Crippen molar-refractivity contribution in [1.82, 2.24) is 20.2 Å². The van der Waals surface area contributed by atoms with Crippen LogP contribution in [0.4, 0.5) is 0 Å². The second-order valence-electron chi connectivity index (χ2n) is 9.13. The van der Waals surface area contributed by atoms with Crippen LogP contribution < -0.4 is 5.32 Å². The number of allylic oxidation sites excluding steroid dienone is 1. The first kappa shape index (κ1) is 28.0. The molecule has 38 heavy (non-hydrogen) atoms. The molecule has 198 valence electrons. The van der Waals surface area contributed by atoms with Gasteiger partial charge in [0.2, 0.25) is 0 Å². The summed E-state index contributed by atoms with van der Waals surface area (Å²) in [6.07, 6.45) is 12.9. The van der Waals surface area contributed by atoms with E-state index in [1.54, 1.807) is 0 Å². The van der Waals surface area contributed by atoms with Crippen LogP contribution >= 0.6 is 23.2 Å². The van der Waals surface area contributed by atoms with Crippen molar-refractivity contribution >= 4 is 34.8 Å². The van der Waals surface area contributed by atoms with Crippen molar-refractivity contribution in [3.63, 3.8) is 0 Å². The number of hydrogen-bond acceptors (Lipinski definition) is 5. The fourth-order valence-corrected chi connectivity index (χ4v) is 5.46. The Bertz CT molecular complexity index is 1300. The highest BCUT2D eigenvalue weighted by Gasteiger charge is 2.28. The smallest absolute Gasteiger partial charge is 0.254 e. The van der Waals surface area contributed by atoms with E-state index >= 15 is 0 Å². The monoisotopic (exact) mass is 549 g/mol. The molecule has 1 aliphatic carbocycles. The Morgan fingerprint density at radius 1 is 1.08 bits per heavy atom. The maximum atomic E-state index is 12.7. The number of amides is 1. The second kappa shape index (κ2) is 13.7. The van der Waals surface area contributed by atoms with Crippen LogP contribution in [-0.2, 0) is 19.5 Å². The van der Waals surface area contributed by atoms with E-state index in [4.69, 9.17) is 28.2 Å². The van der Waals surface area contributed by atoms with Crippen LogP contribution in [0.25, 0.3) is 0 Å². The Morgan fingerprint density at radius 2 is 1.87 bits per heavy atom. The lowest BCUT2D eigenvalue weighted by molar-refractivity contribution is 0.0951. The van der Waals surface area contributed by atoms with E-state index in [9.17, 15) is 4.79 Å². The highest BCUT2D eigenvalue weighted by atomic mass is 35.5. The molecule has 0 bridgehead atoms. The molecule has 1 aliphatic heterocycles. The third-order valence-electron chi connectivity index (χ3n) is 6.62. The lowest BCUT2D eigenvalue weighted by Gasteiger charge is -2.35. The van der Waals surface area contributed by atoms with Crippen LogP contribution in [-0.4, -0.2) is 33.0 Å². The molecule has 0 spiro atoms. The molecule has 1 aromatic carbocycles. The van der Waals surface area contributed by atoms with Crippen molar-refractivity contribution < 1.29 is 4.79 Å². The van der Waals surface area contributed by atoms with Gasteiger partial charge in [-0.3, -0.25) is 24.7 Å². The summed E-state index contributed by atoms with van der Waals surface area (Å²) in [5, 5.41) is 3.39. The highest BCUT2D eigenvalue weighted by Crippen LogP contribution is 2.34. The Hall–Kier alpha value is -3.06. The normalized spacial score (nSPS) is 15.9. The van der Waals surface area contributed by atoms with Gasteiger partial charge in [-0.15, -0.1) is 0 Å². The van der Waals surface area contributed by atoms with Gasteiger partial charge in [0.05, 0.1) is 27.3 Å². The van der Waals surface area contributed by atoms with Crippen molar-refractivity contribution in [2.75, 3.05) is 6.54 Å². The van der Waals surface area contributed by atoms with Crippen LogP contribution in [0, 0.1) is 0 Å². The van der Waals surface area contributed by atoms with E-state index in [1.807, 2.05) is 44.4 Å². The summed E-state index contributed by atoms with van der Waals surface area (Å²) in [6.45, 7) is 5.93. The summed E-state index contributed by atoms with van der Waals surface area (Å²) in [5.74, 6) is -0.323. The number of halogens is 2. The number of carbonyl (C=O) groups is 1. The van der Waals surface area contributed by atoms with Gasteiger partial charge < -0.3 is 5.32 Å². The van der Waals surface area contributed by atoms with Crippen LogP contribution in [0.15, 0.2) is 72.3 Å².